The average molecular weight is 267 g/mol. The average Bonchev–Trinajstić information content (AvgIpc) is 2.77. The van der Waals surface area contributed by atoms with Gasteiger partial charge in [0.1, 0.15) is 0 Å². The molecule has 1 aliphatic rings. The number of aromatic amines is 1. The van der Waals surface area contributed by atoms with Gasteiger partial charge in [0.2, 0.25) is 0 Å². The van der Waals surface area contributed by atoms with E-state index in [1.165, 1.54) is 7.11 Å². The van der Waals surface area contributed by atoms with Crippen molar-refractivity contribution in [3.63, 3.8) is 0 Å². The number of nitrogens with one attached hydrogen (secondary N) is 1. The van der Waals surface area contributed by atoms with E-state index in [1.54, 1.807) is 16.7 Å². The van der Waals surface area contributed by atoms with Crippen molar-refractivity contribution in [3.8, 4) is 0 Å². The number of hydrogen-bond donors (Lipinski definition) is 2. The van der Waals surface area contributed by atoms with Crippen LogP contribution in [0.4, 0.5) is 10.5 Å². The fourth-order valence-corrected chi connectivity index (χ4v) is 1.97. The van der Waals surface area contributed by atoms with Gasteiger partial charge in [0.25, 0.3) is 5.91 Å². The minimum absolute atomic E-state index is 0.216. The molecule has 0 bridgehead atoms. The molecule has 0 radical (unpaired) electrons. The topological polar surface area (TPSA) is 105 Å². The number of nitrogens with zero attached hydrogens (tertiary/aromatic N) is 3. The molecule has 1 aliphatic heterocycles. The maximum absolute atomic E-state index is 12.2. The van der Waals surface area contributed by atoms with Crippen LogP contribution in [-0.4, -0.2) is 65.3 Å². The first-order valence-corrected chi connectivity index (χ1v) is 5.97. The van der Waals surface area contributed by atoms with Crippen molar-refractivity contribution in [1.29, 1.82) is 0 Å². The van der Waals surface area contributed by atoms with Crippen LogP contribution in [0.5, 0.6) is 0 Å². The molecule has 0 unspecified atom stereocenters. The third kappa shape index (κ3) is 2.47. The highest BCUT2D eigenvalue weighted by atomic mass is 16.5. The van der Waals surface area contributed by atoms with Crippen LogP contribution in [0, 0.1) is 6.92 Å². The summed E-state index contributed by atoms with van der Waals surface area (Å²) < 4.78 is 4.64. The quantitative estimate of drug-likeness (QED) is 0.734. The molecule has 8 heteroatoms. The van der Waals surface area contributed by atoms with E-state index in [0.717, 1.165) is 0 Å². The van der Waals surface area contributed by atoms with Crippen LogP contribution in [0.2, 0.25) is 0 Å². The Kier molecular flexibility index (Phi) is 3.59. The zero-order valence-corrected chi connectivity index (χ0v) is 11.0. The molecule has 0 aliphatic carbocycles. The molecule has 8 nitrogen and oxygen atoms in total. The summed E-state index contributed by atoms with van der Waals surface area (Å²) in [5.74, 6) is -0.216. The molecule has 104 valence electrons. The van der Waals surface area contributed by atoms with E-state index in [4.69, 9.17) is 5.73 Å². The second-order valence-corrected chi connectivity index (χ2v) is 4.36. The van der Waals surface area contributed by atoms with Gasteiger partial charge >= 0.3 is 6.09 Å². The number of hydrogen-bond acceptors (Lipinski definition) is 5. The zero-order valence-electron chi connectivity index (χ0n) is 11.0. The molecule has 0 spiro atoms. The van der Waals surface area contributed by atoms with Crippen molar-refractivity contribution >= 4 is 17.7 Å². The third-order valence-electron chi connectivity index (χ3n) is 3.20. The number of amides is 2. The number of carbonyl (C=O) groups excluding carboxylic acids is 2. The molecule has 3 N–H and O–H groups in total. The van der Waals surface area contributed by atoms with Gasteiger partial charge in [-0.2, -0.15) is 5.10 Å². The van der Waals surface area contributed by atoms with Crippen molar-refractivity contribution in [2.24, 2.45) is 0 Å². The monoisotopic (exact) mass is 267 g/mol. The van der Waals surface area contributed by atoms with Gasteiger partial charge in [-0.1, -0.05) is 0 Å². The van der Waals surface area contributed by atoms with Gasteiger partial charge < -0.3 is 20.3 Å². The maximum atomic E-state index is 12.2. The van der Waals surface area contributed by atoms with Crippen molar-refractivity contribution in [2.75, 3.05) is 39.0 Å². The molecule has 2 rings (SSSR count). The van der Waals surface area contributed by atoms with Gasteiger partial charge in [-0.05, 0) is 6.92 Å². The maximum Gasteiger partial charge on any atom is 0.409 e. The van der Waals surface area contributed by atoms with E-state index in [2.05, 4.69) is 14.9 Å². The summed E-state index contributed by atoms with van der Waals surface area (Å²) in [6, 6.07) is 0. The number of aryl methyl sites for hydroxylation is 1. The lowest BCUT2D eigenvalue weighted by molar-refractivity contribution is 0.0595. The first kappa shape index (κ1) is 13.2. The summed E-state index contributed by atoms with van der Waals surface area (Å²) in [7, 11) is 1.34. The minimum Gasteiger partial charge on any atom is -0.453 e. The molecule has 19 heavy (non-hydrogen) atoms. The number of piperazine rings is 1. The fourth-order valence-electron chi connectivity index (χ4n) is 1.97. The number of aromatic nitrogens is 2. The number of carbonyl (C=O) groups is 2. The van der Waals surface area contributed by atoms with Crippen molar-refractivity contribution < 1.29 is 14.3 Å². The lowest BCUT2D eigenvalue weighted by Crippen LogP contribution is -2.50. The van der Waals surface area contributed by atoms with E-state index in [-0.39, 0.29) is 17.7 Å². The standard InChI is InChI=1S/C11H17N5O3/c1-7-8(12)9(14-13-7)10(17)15-3-5-16(6-4-15)11(18)19-2/h3-6,12H2,1-2H3,(H,13,14). The van der Waals surface area contributed by atoms with E-state index in [1.807, 2.05) is 0 Å². The Morgan fingerprint density at radius 3 is 2.32 bits per heavy atom. The summed E-state index contributed by atoms with van der Waals surface area (Å²) in [5, 5.41) is 6.60. The van der Waals surface area contributed by atoms with Crippen LogP contribution in [0.25, 0.3) is 0 Å². The molecule has 2 heterocycles. The number of anilines is 1. The Morgan fingerprint density at radius 2 is 1.84 bits per heavy atom. The molecule has 1 aromatic heterocycles. The summed E-state index contributed by atoms with van der Waals surface area (Å²) in [4.78, 5) is 26.7. The molecule has 0 saturated carbocycles. The molecule has 1 saturated heterocycles. The van der Waals surface area contributed by atoms with Gasteiger partial charge in [-0.3, -0.25) is 9.89 Å². The van der Waals surface area contributed by atoms with Crippen molar-refractivity contribution in [1.82, 2.24) is 20.0 Å². The molecular formula is C11H17N5O3. The summed E-state index contributed by atoms with van der Waals surface area (Å²) >= 11 is 0. The van der Waals surface area contributed by atoms with E-state index < -0.39 is 0 Å². The number of H-pyrrole nitrogens is 1. The van der Waals surface area contributed by atoms with Gasteiger partial charge in [-0.25, -0.2) is 4.79 Å². The van der Waals surface area contributed by atoms with Gasteiger partial charge in [0, 0.05) is 26.2 Å². The Morgan fingerprint density at radius 1 is 1.26 bits per heavy atom. The first-order chi connectivity index (χ1) is 9.04. The highest BCUT2D eigenvalue weighted by Gasteiger charge is 2.27. The summed E-state index contributed by atoms with van der Waals surface area (Å²) in [6.07, 6.45) is -0.373. The van der Waals surface area contributed by atoms with Crippen LogP contribution < -0.4 is 5.73 Å². The Hall–Kier alpha value is -2.25. The normalized spacial score (nSPS) is 15.5. The van der Waals surface area contributed by atoms with E-state index in [0.29, 0.717) is 37.6 Å². The molecule has 0 atom stereocenters. The highest BCUT2D eigenvalue weighted by Crippen LogP contribution is 2.16. The van der Waals surface area contributed by atoms with Gasteiger partial charge in [-0.15, -0.1) is 0 Å². The smallest absolute Gasteiger partial charge is 0.409 e. The van der Waals surface area contributed by atoms with Gasteiger partial charge in [0.15, 0.2) is 5.69 Å². The molecule has 1 fully saturated rings. The van der Waals surface area contributed by atoms with Crippen LogP contribution >= 0.6 is 0 Å². The van der Waals surface area contributed by atoms with Crippen LogP contribution in [0.15, 0.2) is 0 Å². The predicted molar refractivity (Wildman–Crippen MR) is 67.6 cm³/mol. The van der Waals surface area contributed by atoms with Crippen molar-refractivity contribution in [3.05, 3.63) is 11.4 Å². The lowest BCUT2D eigenvalue weighted by Gasteiger charge is -2.33. The Balaban J connectivity index is 2.00. The second-order valence-electron chi connectivity index (χ2n) is 4.36. The number of ether oxygens (including phenoxy) is 1. The number of nitrogen functional groups attached to an aromatic ring is 1. The fraction of sp³-hybridized carbons (Fsp3) is 0.545. The number of methoxy groups -OCH3 is 1. The Labute approximate surface area is 110 Å². The summed E-state index contributed by atoms with van der Waals surface area (Å²) in [6.45, 7) is 3.54. The first-order valence-electron chi connectivity index (χ1n) is 5.97. The van der Waals surface area contributed by atoms with Crippen LogP contribution in [-0.2, 0) is 4.74 Å². The zero-order chi connectivity index (χ0) is 14.0. The van der Waals surface area contributed by atoms with E-state index >= 15 is 0 Å². The summed E-state index contributed by atoms with van der Waals surface area (Å²) in [5.41, 5.74) is 7.07. The third-order valence-corrected chi connectivity index (χ3v) is 3.20. The van der Waals surface area contributed by atoms with Crippen LogP contribution in [0.3, 0.4) is 0 Å². The number of nitrogens with two attached hydrogens (primary N) is 1. The predicted octanol–water partition coefficient (Wildman–Crippen LogP) is -0.175. The molecule has 1 aromatic rings. The van der Waals surface area contributed by atoms with E-state index in [9.17, 15) is 9.59 Å². The minimum atomic E-state index is -0.373. The number of rotatable bonds is 1. The highest BCUT2D eigenvalue weighted by molar-refractivity contribution is 5.97. The van der Waals surface area contributed by atoms with Crippen molar-refractivity contribution in [2.45, 2.75) is 6.92 Å². The van der Waals surface area contributed by atoms with Gasteiger partial charge in [0.05, 0.1) is 18.5 Å². The SMILES string of the molecule is COC(=O)N1CCN(C(=O)c2n[nH]c(C)c2N)CC1. The molecule has 0 aromatic carbocycles. The molecule has 2 amide bonds. The Bertz CT molecular complexity index is 491. The lowest BCUT2D eigenvalue weighted by atomic mass is 10.2. The van der Waals surface area contributed by atoms with Crippen LogP contribution in [0.1, 0.15) is 16.2 Å². The largest absolute Gasteiger partial charge is 0.453 e. The molecular weight excluding hydrogens is 250 g/mol. The second kappa shape index (κ2) is 5.17.